The third-order valence-electron chi connectivity index (χ3n) is 7.04. The number of benzene rings is 2. The molecule has 0 saturated carbocycles. The predicted octanol–water partition coefficient (Wildman–Crippen LogP) is 3.82. The summed E-state index contributed by atoms with van der Waals surface area (Å²) < 4.78 is 1.34. The number of carbonyl (C=O) groups is 4. The van der Waals surface area contributed by atoms with Crippen molar-refractivity contribution in [1.29, 1.82) is 0 Å². The molecule has 2 unspecified atom stereocenters. The number of imide groups is 3. The molecule has 11 heteroatoms. The average Bonchev–Trinajstić information content (AvgIpc) is 3.31. The van der Waals surface area contributed by atoms with Crippen LogP contribution < -0.4 is 15.9 Å². The van der Waals surface area contributed by atoms with Crippen LogP contribution in [0, 0.1) is 12.8 Å². The summed E-state index contributed by atoms with van der Waals surface area (Å²) in [6.45, 7) is 7.94. The van der Waals surface area contributed by atoms with Crippen LogP contribution in [-0.2, 0) is 26.3 Å². The number of nitrogens with one attached hydrogen (secondary N) is 1. The molecule has 39 heavy (non-hydrogen) atoms. The second-order valence-corrected chi connectivity index (χ2v) is 12.9. The fraction of sp³-hybridized carbons (Fsp3) is 0.321. The maximum Gasteiger partial charge on any atom is 0.328 e. The van der Waals surface area contributed by atoms with Crippen LogP contribution in [0.15, 0.2) is 58.4 Å². The lowest BCUT2D eigenvalue weighted by molar-refractivity contribution is -0.135. The molecule has 1 saturated heterocycles. The van der Waals surface area contributed by atoms with Gasteiger partial charge in [-0.2, -0.15) is 4.90 Å². The van der Waals surface area contributed by atoms with E-state index in [4.69, 9.17) is 5.73 Å². The van der Waals surface area contributed by atoms with Crippen LogP contribution in [0.25, 0.3) is 0 Å². The number of thioether (sulfide) groups is 1. The van der Waals surface area contributed by atoms with Gasteiger partial charge >= 0.3 is 10.9 Å². The van der Waals surface area contributed by atoms with Crippen molar-refractivity contribution in [2.75, 3.05) is 5.32 Å². The molecule has 2 aliphatic heterocycles. The van der Waals surface area contributed by atoms with Crippen LogP contribution in [0.3, 0.4) is 0 Å². The molecule has 9 nitrogen and oxygen atoms in total. The van der Waals surface area contributed by atoms with E-state index in [0.29, 0.717) is 20.5 Å². The molecule has 2 aromatic carbocycles. The topological polar surface area (TPSA) is 132 Å². The van der Waals surface area contributed by atoms with Gasteiger partial charge in [-0.25, -0.2) is 4.79 Å². The lowest BCUT2D eigenvalue weighted by Gasteiger charge is -2.31. The molecule has 2 aliphatic rings. The number of aromatic nitrogens is 1. The van der Waals surface area contributed by atoms with Crippen LogP contribution in [0.5, 0.6) is 0 Å². The molecule has 3 heterocycles. The Bertz CT molecular complexity index is 1550. The number of likely N-dealkylation sites (tertiary alicyclic amines) is 1. The minimum absolute atomic E-state index is 0.102. The highest BCUT2D eigenvalue weighted by Crippen LogP contribution is 2.53. The summed E-state index contributed by atoms with van der Waals surface area (Å²) >= 11 is 1.99. The van der Waals surface area contributed by atoms with E-state index in [9.17, 15) is 24.0 Å². The second-order valence-electron chi connectivity index (χ2n) is 10.8. The third-order valence-corrected chi connectivity index (χ3v) is 9.65. The summed E-state index contributed by atoms with van der Waals surface area (Å²) in [7, 11) is 0. The zero-order valence-corrected chi connectivity index (χ0v) is 23.5. The number of nitrogens with two attached hydrogens (primary N) is 1. The summed E-state index contributed by atoms with van der Waals surface area (Å²) in [5.41, 5.74) is 8.76. The summed E-state index contributed by atoms with van der Waals surface area (Å²) in [5, 5.41) is 2.29. The summed E-state index contributed by atoms with van der Waals surface area (Å²) in [5.74, 6) is -3.34. The number of urea groups is 1. The van der Waals surface area contributed by atoms with Gasteiger partial charge in [-0.3, -0.25) is 23.7 Å². The van der Waals surface area contributed by atoms with E-state index in [1.807, 2.05) is 43.3 Å². The number of carbonyl (C=O) groups excluding carboxylic acids is 4. The first kappa shape index (κ1) is 26.9. The van der Waals surface area contributed by atoms with E-state index in [2.05, 4.69) is 26.1 Å². The minimum Gasteiger partial charge on any atom is -0.351 e. The number of nitrogens with zero attached hydrogens (tertiary/aromatic N) is 2. The number of fused-ring (bicyclic) bond motifs is 2. The first-order valence-corrected chi connectivity index (χ1v) is 14.1. The van der Waals surface area contributed by atoms with Crippen molar-refractivity contribution in [2.45, 2.75) is 55.8 Å². The van der Waals surface area contributed by atoms with E-state index in [0.717, 1.165) is 39.8 Å². The molecule has 0 spiro atoms. The number of rotatable bonds is 4. The highest BCUT2D eigenvalue weighted by atomic mass is 32.2. The number of amides is 5. The van der Waals surface area contributed by atoms with Gasteiger partial charge in [0.05, 0.1) is 10.9 Å². The van der Waals surface area contributed by atoms with Gasteiger partial charge in [-0.05, 0) is 35.6 Å². The van der Waals surface area contributed by atoms with Crippen molar-refractivity contribution in [2.24, 2.45) is 11.7 Å². The van der Waals surface area contributed by atoms with Crippen LogP contribution in [-0.4, -0.2) is 38.5 Å². The fourth-order valence-electron chi connectivity index (χ4n) is 5.00. The Kier molecular flexibility index (Phi) is 6.76. The monoisotopic (exact) mass is 564 g/mol. The number of thiazole rings is 1. The average molecular weight is 565 g/mol. The van der Waals surface area contributed by atoms with Gasteiger partial charge in [-0.1, -0.05) is 85.8 Å². The van der Waals surface area contributed by atoms with Crippen LogP contribution in [0.2, 0.25) is 0 Å². The molecule has 0 aliphatic carbocycles. The van der Waals surface area contributed by atoms with Gasteiger partial charge in [0.15, 0.2) is 0 Å². The number of anilines is 1. The van der Waals surface area contributed by atoms with Gasteiger partial charge < -0.3 is 11.1 Å². The Hall–Kier alpha value is -3.70. The summed E-state index contributed by atoms with van der Waals surface area (Å²) in [4.78, 5) is 65.4. The largest absolute Gasteiger partial charge is 0.351 e. The Morgan fingerprint density at radius 1 is 0.974 bits per heavy atom. The van der Waals surface area contributed by atoms with Crippen molar-refractivity contribution in [3.8, 4) is 0 Å². The number of hydrogen-bond donors (Lipinski definition) is 2. The molecule has 5 rings (SSSR count). The van der Waals surface area contributed by atoms with Crippen LogP contribution in [0.4, 0.5) is 10.5 Å². The Labute approximate surface area is 233 Å². The molecule has 1 aromatic heterocycles. The first-order chi connectivity index (χ1) is 18.4. The molecule has 202 valence electrons. The van der Waals surface area contributed by atoms with Crippen molar-refractivity contribution in [1.82, 2.24) is 9.47 Å². The van der Waals surface area contributed by atoms with Gasteiger partial charge in [-0.15, -0.1) is 0 Å². The Morgan fingerprint density at radius 3 is 2.21 bits per heavy atom. The van der Waals surface area contributed by atoms with Crippen molar-refractivity contribution in [3.05, 3.63) is 79.8 Å². The van der Waals surface area contributed by atoms with Gasteiger partial charge in [0.2, 0.25) is 11.8 Å². The molecular weight excluding hydrogens is 536 g/mol. The quantitative estimate of drug-likeness (QED) is 0.463. The van der Waals surface area contributed by atoms with Gasteiger partial charge in [0, 0.05) is 16.5 Å². The predicted molar refractivity (Wildman–Crippen MR) is 150 cm³/mol. The van der Waals surface area contributed by atoms with E-state index < -0.39 is 40.8 Å². The lowest BCUT2D eigenvalue weighted by Crippen LogP contribution is -2.41. The molecule has 0 radical (unpaired) electrons. The van der Waals surface area contributed by atoms with Crippen molar-refractivity contribution >= 4 is 52.5 Å². The smallest absolute Gasteiger partial charge is 0.328 e. The molecule has 3 aromatic rings. The maximum absolute atomic E-state index is 13.4. The molecule has 1 fully saturated rings. The molecule has 3 atom stereocenters. The Balaban J connectivity index is 1.56. The van der Waals surface area contributed by atoms with E-state index in [1.54, 1.807) is 12.1 Å². The molecular formula is C28H28N4O5S2. The SMILES string of the molecule is Cc1ccc(NC(=O)Cn2c3c(sc2=O)[C@@H](c2ccc(C(C)(C)C)cc2)C2C(=O)N(C(N)=O)C(=O)C2S3)cc1. The maximum atomic E-state index is 13.4. The lowest BCUT2D eigenvalue weighted by atomic mass is 9.81. The molecule has 0 bridgehead atoms. The van der Waals surface area contributed by atoms with E-state index in [-0.39, 0.29) is 16.8 Å². The van der Waals surface area contributed by atoms with E-state index >= 15 is 0 Å². The first-order valence-electron chi connectivity index (χ1n) is 12.4. The summed E-state index contributed by atoms with van der Waals surface area (Å²) in [6.07, 6.45) is 0. The molecule has 5 amide bonds. The number of primary amides is 1. The van der Waals surface area contributed by atoms with Crippen molar-refractivity contribution in [3.63, 3.8) is 0 Å². The third kappa shape index (κ3) is 4.80. The van der Waals surface area contributed by atoms with Crippen molar-refractivity contribution < 1.29 is 19.2 Å². The van der Waals surface area contributed by atoms with Gasteiger partial charge in [0.25, 0.3) is 5.91 Å². The zero-order valence-electron chi connectivity index (χ0n) is 21.9. The minimum atomic E-state index is -1.12. The highest BCUT2D eigenvalue weighted by Gasteiger charge is 2.57. The zero-order chi connectivity index (χ0) is 28.2. The highest BCUT2D eigenvalue weighted by molar-refractivity contribution is 8.00. The molecule has 3 N–H and O–H groups in total. The van der Waals surface area contributed by atoms with Crippen LogP contribution >= 0.6 is 23.1 Å². The fourth-order valence-corrected chi connectivity index (χ4v) is 7.78. The van der Waals surface area contributed by atoms with Gasteiger partial charge in [0.1, 0.15) is 11.8 Å². The normalized spacial score (nSPS) is 20.5. The number of hydrogen-bond acceptors (Lipinski definition) is 7. The summed E-state index contributed by atoms with van der Waals surface area (Å²) in [6, 6.07) is 13.9. The standard InChI is InChI=1S/C28H28N4O5S2/c1-14-5-11-17(12-6-14)30-18(33)13-31-25-22(39-27(31)37)19(15-7-9-16(10-8-15)28(2,3)4)20-21(38-25)24(35)32(23(20)34)26(29)36/h5-12,19-21H,13H2,1-4H3,(H2,29,36)(H,30,33)/t19-,20?,21?/m0/s1. The van der Waals surface area contributed by atoms with E-state index in [1.165, 1.54) is 4.57 Å². The second kappa shape index (κ2) is 9.80. The Morgan fingerprint density at radius 2 is 1.62 bits per heavy atom. The number of aryl methyl sites for hydroxylation is 1. The van der Waals surface area contributed by atoms with Crippen LogP contribution in [0.1, 0.15) is 48.3 Å².